The van der Waals surface area contributed by atoms with E-state index >= 15 is 0 Å². The summed E-state index contributed by atoms with van der Waals surface area (Å²) in [5.41, 5.74) is 0.675. The van der Waals surface area contributed by atoms with Crippen molar-refractivity contribution >= 4 is 33.8 Å². The molecule has 2 rings (SSSR count). The zero-order valence-corrected chi connectivity index (χ0v) is 11.6. The number of hydrogen-bond donors (Lipinski definition) is 1. The molecule has 1 aromatic heterocycles. The van der Waals surface area contributed by atoms with Gasteiger partial charge in [-0.1, -0.05) is 18.2 Å². The highest BCUT2D eigenvalue weighted by atomic mass is 32.1. The fourth-order valence-corrected chi connectivity index (χ4v) is 3.09. The average Bonchev–Trinajstić information content (AvgIpc) is 2.78. The topological polar surface area (TPSA) is 57.6 Å². The Kier molecular flexibility index (Phi) is 3.85. The summed E-state index contributed by atoms with van der Waals surface area (Å²) in [5, 5.41) is 12.2. The van der Waals surface area contributed by atoms with E-state index in [9.17, 15) is 14.7 Å². The quantitative estimate of drug-likeness (QED) is 0.855. The molecule has 0 aliphatic rings. The van der Waals surface area contributed by atoms with Crippen molar-refractivity contribution in [3.63, 3.8) is 0 Å². The van der Waals surface area contributed by atoms with E-state index in [-0.39, 0.29) is 6.04 Å². The first-order valence-electron chi connectivity index (χ1n) is 5.98. The van der Waals surface area contributed by atoms with Crippen LogP contribution in [0.4, 0.5) is 0 Å². The zero-order valence-electron chi connectivity index (χ0n) is 10.7. The van der Waals surface area contributed by atoms with Gasteiger partial charge in [-0.05, 0) is 30.7 Å². The van der Waals surface area contributed by atoms with Gasteiger partial charge in [0.15, 0.2) is 6.04 Å². The number of carbonyl (C=O) groups is 2. The van der Waals surface area contributed by atoms with Crippen LogP contribution in [0.1, 0.15) is 25.5 Å². The molecule has 4 nitrogen and oxygen atoms in total. The van der Waals surface area contributed by atoms with Gasteiger partial charge >= 0.3 is 5.97 Å². The highest BCUT2D eigenvalue weighted by molar-refractivity contribution is 7.17. The highest BCUT2D eigenvalue weighted by Gasteiger charge is 2.30. The van der Waals surface area contributed by atoms with Gasteiger partial charge in [0, 0.05) is 16.3 Å². The first kappa shape index (κ1) is 13.5. The molecule has 2 aromatic rings. The lowest BCUT2D eigenvalue weighted by Crippen LogP contribution is -2.37. The largest absolute Gasteiger partial charge is 0.479 e. The van der Waals surface area contributed by atoms with Gasteiger partial charge < -0.3 is 10.0 Å². The number of benzene rings is 1. The number of fused-ring (bicyclic) bond motifs is 1. The number of amides is 1. The first-order valence-corrected chi connectivity index (χ1v) is 6.86. The van der Waals surface area contributed by atoms with Gasteiger partial charge in [0.25, 0.3) is 0 Å². The number of rotatable bonds is 5. The molecule has 1 heterocycles. The molecule has 1 aromatic carbocycles. The molecule has 5 heteroatoms. The maximum Gasteiger partial charge on any atom is 0.331 e. The second-order valence-corrected chi connectivity index (χ2v) is 5.49. The molecular formula is C14H15NO3S. The smallest absolute Gasteiger partial charge is 0.331 e. The fraction of sp³-hybridized carbons (Fsp3) is 0.286. The molecule has 0 radical (unpaired) electrons. The molecule has 19 heavy (non-hydrogen) atoms. The summed E-state index contributed by atoms with van der Waals surface area (Å²) >= 11 is 1.49. The minimum absolute atomic E-state index is 0.169. The number of thiophene rings is 1. The molecule has 1 amide bonds. The van der Waals surface area contributed by atoms with Crippen molar-refractivity contribution in [3.8, 4) is 0 Å². The first-order chi connectivity index (χ1) is 9.06. The van der Waals surface area contributed by atoms with E-state index in [2.05, 4.69) is 0 Å². The molecule has 1 atom stereocenters. The molecule has 0 aliphatic heterocycles. The minimum atomic E-state index is -1.01. The van der Waals surface area contributed by atoms with Gasteiger partial charge in [-0.25, -0.2) is 4.79 Å². The predicted octanol–water partition coefficient (Wildman–Crippen LogP) is 2.89. The number of carboxylic acids is 1. The second-order valence-electron chi connectivity index (χ2n) is 4.57. The van der Waals surface area contributed by atoms with Crippen molar-refractivity contribution in [1.29, 1.82) is 0 Å². The van der Waals surface area contributed by atoms with Crippen LogP contribution in [0.25, 0.3) is 10.1 Å². The lowest BCUT2D eigenvalue weighted by molar-refractivity contribution is -0.147. The molecule has 0 fully saturated rings. The van der Waals surface area contributed by atoms with Gasteiger partial charge in [-0.2, -0.15) is 0 Å². The summed E-state index contributed by atoms with van der Waals surface area (Å²) in [6.07, 6.45) is 0.607. The Morgan fingerprint density at radius 1 is 1.37 bits per heavy atom. The van der Waals surface area contributed by atoms with Crippen LogP contribution in [-0.2, 0) is 9.59 Å². The molecular weight excluding hydrogens is 262 g/mol. The van der Waals surface area contributed by atoms with Gasteiger partial charge in [0.2, 0.25) is 6.41 Å². The molecule has 0 saturated heterocycles. The van der Waals surface area contributed by atoms with E-state index in [0.717, 1.165) is 10.1 Å². The third kappa shape index (κ3) is 2.46. The van der Waals surface area contributed by atoms with Crippen molar-refractivity contribution in [2.24, 2.45) is 0 Å². The maximum atomic E-state index is 11.6. The average molecular weight is 277 g/mol. The van der Waals surface area contributed by atoms with Crippen molar-refractivity contribution in [3.05, 3.63) is 35.2 Å². The monoisotopic (exact) mass is 277 g/mol. The van der Waals surface area contributed by atoms with Crippen molar-refractivity contribution in [1.82, 2.24) is 4.90 Å². The Morgan fingerprint density at radius 3 is 2.63 bits per heavy atom. The van der Waals surface area contributed by atoms with Crippen molar-refractivity contribution in [2.45, 2.75) is 25.9 Å². The summed E-state index contributed by atoms with van der Waals surface area (Å²) in [7, 11) is 0. The lowest BCUT2D eigenvalue weighted by atomic mass is 10.0. The van der Waals surface area contributed by atoms with Crippen LogP contribution in [0.15, 0.2) is 29.6 Å². The normalized spacial score (nSPS) is 12.6. The summed E-state index contributed by atoms with van der Waals surface area (Å²) in [6, 6.07) is 6.52. The van der Waals surface area contributed by atoms with E-state index < -0.39 is 12.0 Å². The summed E-state index contributed by atoms with van der Waals surface area (Å²) < 4.78 is 1.03. The molecule has 1 unspecified atom stereocenters. The molecule has 0 spiro atoms. The van der Waals surface area contributed by atoms with Crippen molar-refractivity contribution in [2.75, 3.05) is 0 Å². The summed E-state index contributed by atoms with van der Waals surface area (Å²) in [5.74, 6) is -1.01. The Morgan fingerprint density at radius 2 is 2.05 bits per heavy atom. The van der Waals surface area contributed by atoms with Crippen molar-refractivity contribution < 1.29 is 14.7 Å². The van der Waals surface area contributed by atoms with Crippen LogP contribution in [0.5, 0.6) is 0 Å². The SMILES string of the molecule is CC(C)N(C=O)C(C(=O)O)c1csc2ccccc12. The van der Waals surface area contributed by atoms with Crippen LogP contribution in [0.3, 0.4) is 0 Å². The van der Waals surface area contributed by atoms with Crippen LogP contribution >= 0.6 is 11.3 Å². The van der Waals surface area contributed by atoms with Crippen LogP contribution in [0, 0.1) is 0 Å². The second kappa shape index (κ2) is 5.40. The third-order valence-electron chi connectivity index (χ3n) is 3.06. The van der Waals surface area contributed by atoms with E-state index in [4.69, 9.17) is 0 Å². The van der Waals surface area contributed by atoms with Crippen LogP contribution in [0.2, 0.25) is 0 Å². The maximum absolute atomic E-state index is 11.6. The number of aliphatic carboxylic acids is 1. The van der Waals surface area contributed by atoms with E-state index in [1.807, 2.05) is 29.6 Å². The lowest BCUT2D eigenvalue weighted by Gasteiger charge is -2.28. The van der Waals surface area contributed by atoms with Gasteiger partial charge in [0.05, 0.1) is 0 Å². The van der Waals surface area contributed by atoms with Gasteiger partial charge in [-0.15, -0.1) is 11.3 Å². The predicted molar refractivity (Wildman–Crippen MR) is 75.2 cm³/mol. The Bertz CT molecular complexity index is 606. The number of carboxylic acid groups (broad SMARTS) is 1. The Hall–Kier alpha value is -1.88. The third-order valence-corrected chi connectivity index (χ3v) is 4.04. The fourth-order valence-electron chi connectivity index (χ4n) is 2.11. The molecule has 1 N–H and O–H groups in total. The van der Waals surface area contributed by atoms with E-state index in [0.29, 0.717) is 12.0 Å². The molecule has 100 valence electrons. The molecule has 0 saturated carbocycles. The molecule has 0 bridgehead atoms. The Balaban J connectivity index is 2.56. The zero-order chi connectivity index (χ0) is 14.0. The Labute approximate surface area is 115 Å². The summed E-state index contributed by atoms with van der Waals surface area (Å²) in [6.45, 7) is 3.61. The van der Waals surface area contributed by atoms with E-state index in [1.165, 1.54) is 16.2 Å². The van der Waals surface area contributed by atoms with Gasteiger partial charge in [0.1, 0.15) is 0 Å². The van der Waals surface area contributed by atoms with Crippen LogP contribution < -0.4 is 0 Å². The number of hydrogen-bond acceptors (Lipinski definition) is 3. The van der Waals surface area contributed by atoms with E-state index in [1.54, 1.807) is 13.8 Å². The number of nitrogens with zero attached hydrogens (tertiary/aromatic N) is 1. The molecule has 0 aliphatic carbocycles. The van der Waals surface area contributed by atoms with Gasteiger partial charge in [-0.3, -0.25) is 4.79 Å². The standard InChI is InChI=1S/C14H15NO3S/c1-9(2)15(8-16)13(14(17)18)11-7-19-12-6-4-3-5-10(11)12/h3-9,13H,1-2H3,(H,17,18). The summed E-state index contributed by atoms with van der Waals surface area (Å²) in [4.78, 5) is 24.1. The van der Waals surface area contributed by atoms with Crippen LogP contribution in [-0.4, -0.2) is 28.4 Å². The number of carbonyl (C=O) groups excluding carboxylic acids is 1. The highest BCUT2D eigenvalue weighted by Crippen LogP contribution is 2.33. The minimum Gasteiger partial charge on any atom is -0.479 e.